The molecule has 1 aromatic carbocycles. The first-order chi connectivity index (χ1) is 12.4. The third-order valence-corrected chi connectivity index (χ3v) is 6.16. The van der Waals surface area contributed by atoms with Crippen molar-refractivity contribution in [1.82, 2.24) is 0 Å². The van der Waals surface area contributed by atoms with E-state index in [0.717, 1.165) is 6.54 Å². The summed E-state index contributed by atoms with van der Waals surface area (Å²) >= 11 is 0. The monoisotopic (exact) mass is 334 g/mol. The third kappa shape index (κ3) is 3.38. The molecule has 0 saturated heterocycles. The van der Waals surface area contributed by atoms with Crippen molar-refractivity contribution < 1.29 is 4.57 Å². The third-order valence-electron chi connectivity index (χ3n) is 6.16. The van der Waals surface area contributed by atoms with Gasteiger partial charge in [-0.15, -0.1) is 0 Å². The molecule has 1 aliphatic heterocycles. The Balaban J connectivity index is 1.57. The highest BCUT2D eigenvalue weighted by atomic mass is 15.0. The van der Waals surface area contributed by atoms with Crippen molar-refractivity contribution in [3.05, 3.63) is 52.7 Å². The summed E-state index contributed by atoms with van der Waals surface area (Å²) < 4.78 is 2.44. The Morgan fingerprint density at radius 2 is 1.72 bits per heavy atom. The van der Waals surface area contributed by atoms with Crippen molar-refractivity contribution >= 4 is 0 Å². The van der Waals surface area contributed by atoms with Crippen LogP contribution in [0.5, 0.6) is 0 Å². The summed E-state index contributed by atoms with van der Waals surface area (Å²) in [6, 6.07) is 9.24. The first kappa shape index (κ1) is 16.8. The van der Waals surface area contributed by atoms with Crippen molar-refractivity contribution in [3.8, 4) is 11.3 Å². The van der Waals surface area contributed by atoms with Crippen molar-refractivity contribution in [3.63, 3.8) is 0 Å². The highest BCUT2D eigenvalue weighted by molar-refractivity contribution is 5.71. The molecule has 0 fully saturated rings. The zero-order valence-corrected chi connectivity index (χ0v) is 15.8. The van der Waals surface area contributed by atoms with Gasteiger partial charge in [-0.1, -0.05) is 39.0 Å². The van der Waals surface area contributed by atoms with Crippen LogP contribution >= 0.6 is 0 Å². The number of hydrogen-bond acceptors (Lipinski definition) is 0. The fourth-order valence-corrected chi connectivity index (χ4v) is 4.89. The van der Waals surface area contributed by atoms with E-state index in [1.165, 1.54) is 76.3 Å². The molecule has 0 N–H and O–H groups in total. The summed E-state index contributed by atoms with van der Waals surface area (Å²) in [5, 5.41) is 0. The minimum absolute atomic E-state index is 1.07. The second kappa shape index (κ2) is 7.72. The highest BCUT2D eigenvalue weighted by Crippen LogP contribution is 2.38. The van der Waals surface area contributed by atoms with Gasteiger partial charge in [-0.25, -0.2) is 0 Å². The summed E-state index contributed by atoms with van der Waals surface area (Å²) in [5.74, 6) is 0. The maximum absolute atomic E-state index is 2.57. The van der Waals surface area contributed by atoms with Crippen LogP contribution in [0.3, 0.4) is 0 Å². The summed E-state index contributed by atoms with van der Waals surface area (Å²) in [6.07, 6.45) is 17.2. The normalized spacial score (nSPS) is 14.9. The molecule has 0 unspecified atom stereocenters. The number of hydrogen-bond donors (Lipinski definition) is 0. The van der Waals surface area contributed by atoms with E-state index < -0.39 is 0 Å². The van der Waals surface area contributed by atoms with Gasteiger partial charge in [0.1, 0.15) is 0 Å². The molecule has 0 atom stereocenters. The molecule has 4 rings (SSSR count). The van der Waals surface area contributed by atoms with Gasteiger partial charge in [0, 0.05) is 17.7 Å². The number of unbranched alkanes of at least 4 members (excludes halogenated alkanes) is 5. The van der Waals surface area contributed by atoms with Gasteiger partial charge in [0.05, 0.1) is 5.56 Å². The molecule has 132 valence electrons. The molecule has 0 spiro atoms. The maximum Gasteiger partial charge on any atom is 0.213 e. The molecule has 2 aromatic rings. The molecule has 0 saturated carbocycles. The Labute approximate surface area is 153 Å². The van der Waals surface area contributed by atoms with Crippen molar-refractivity contribution in [2.45, 2.75) is 84.1 Å². The second-order valence-corrected chi connectivity index (χ2v) is 7.97. The molecule has 1 heteroatoms. The van der Waals surface area contributed by atoms with Gasteiger partial charge >= 0.3 is 0 Å². The first-order valence-corrected chi connectivity index (χ1v) is 10.5. The number of benzene rings is 1. The number of rotatable bonds is 7. The Bertz CT molecular complexity index is 744. The molecule has 1 aliphatic carbocycles. The van der Waals surface area contributed by atoms with E-state index in [9.17, 15) is 0 Å². The molecule has 2 aliphatic rings. The van der Waals surface area contributed by atoms with Gasteiger partial charge < -0.3 is 0 Å². The Kier molecular flexibility index (Phi) is 5.20. The lowest BCUT2D eigenvalue weighted by Gasteiger charge is -2.22. The lowest BCUT2D eigenvalue weighted by molar-refractivity contribution is -0.672. The number of aromatic nitrogens is 1. The van der Waals surface area contributed by atoms with Gasteiger partial charge in [0.15, 0.2) is 12.7 Å². The lowest BCUT2D eigenvalue weighted by Crippen LogP contribution is -2.31. The van der Waals surface area contributed by atoms with Gasteiger partial charge in [0.2, 0.25) is 5.69 Å². The molecule has 0 radical (unpaired) electrons. The van der Waals surface area contributed by atoms with Gasteiger partial charge in [-0.3, -0.25) is 0 Å². The fraction of sp³-hybridized carbons (Fsp3) is 0.542. The second-order valence-electron chi connectivity index (χ2n) is 7.97. The molecule has 25 heavy (non-hydrogen) atoms. The van der Waals surface area contributed by atoms with Crippen molar-refractivity contribution in [2.24, 2.45) is 0 Å². The lowest BCUT2D eigenvalue weighted by atomic mass is 9.81. The zero-order valence-electron chi connectivity index (χ0n) is 15.8. The van der Waals surface area contributed by atoms with Crippen LogP contribution in [0.2, 0.25) is 0 Å². The van der Waals surface area contributed by atoms with E-state index in [1.807, 2.05) is 0 Å². The first-order valence-electron chi connectivity index (χ1n) is 10.5. The topological polar surface area (TPSA) is 3.88 Å². The molecular weight excluding hydrogens is 302 g/mol. The zero-order chi connectivity index (χ0) is 17.1. The van der Waals surface area contributed by atoms with Gasteiger partial charge in [-0.05, 0) is 67.3 Å². The van der Waals surface area contributed by atoms with E-state index in [-0.39, 0.29) is 0 Å². The number of fused-ring (bicyclic) bond motifs is 5. The molecule has 1 aromatic heterocycles. The fourth-order valence-electron chi connectivity index (χ4n) is 4.89. The summed E-state index contributed by atoms with van der Waals surface area (Å²) in [5.41, 5.74) is 9.70. The number of pyridine rings is 1. The van der Waals surface area contributed by atoms with Crippen LogP contribution in [-0.4, -0.2) is 0 Å². The van der Waals surface area contributed by atoms with E-state index in [1.54, 1.807) is 27.8 Å². The smallest absolute Gasteiger partial charge is 0.194 e. The Morgan fingerprint density at radius 1 is 0.920 bits per heavy atom. The minimum atomic E-state index is 1.07. The predicted octanol–water partition coefficient (Wildman–Crippen LogP) is 5.78. The predicted molar refractivity (Wildman–Crippen MR) is 105 cm³/mol. The maximum atomic E-state index is 2.57. The average molecular weight is 335 g/mol. The minimum Gasteiger partial charge on any atom is -0.194 e. The summed E-state index contributed by atoms with van der Waals surface area (Å²) in [6.45, 7) is 3.37. The van der Waals surface area contributed by atoms with Crippen LogP contribution in [0.25, 0.3) is 11.3 Å². The van der Waals surface area contributed by atoms with Crippen LogP contribution in [0.1, 0.15) is 80.5 Å². The quantitative estimate of drug-likeness (QED) is 0.380. The van der Waals surface area contributed by atoms with Gasteiger partial charge in [0.25, 0.3) is 0 Å². The van der Waals surface area contributed by atoms with Crippen LogP contribution in [-0.2, 0) is 25.8 Å². The van der Waals surface area contributed by atoms with Crippen LogP contribution in [0.15, 0.2) is 30.5 Å². The van der Waals surface area contributed by atoms with Crippen molar-refractivity contribution in [2.75, 3.05) is 0 Å². The van der Waals surface area contributed by atoms with Gasteiger partial charge in [-0.2, -0.15) is 4.57 Å². The largest absolute Gasteiger partial charge is 0.213 e. The number of nitrogens with zero attached hydrogens (tertiary/aromatic N) is 1. The average Bonchev–Trinajstić information content (AvgIpc) is 3.03. The Morgan fingerprint density at radius 3 is 2.60 bits per heavy atom. The van der Waals surface area contributed by atoms with Crippen LogP contribution < -0.4 is 4.57 Å². The van der Waals surface area contributed by atoms with E-state index >= 15 is 0 Å². The number of aryl methyl sites for hydroxylation is 1. The SMILES string of the molecule is CCCCCCCCc1cc2c(c3c1CCCC3)-c1cccc[n+]1C2. The molecule has 0 amide bonds. The summed E-state index contributed by atoms with van der Waals surface area (Å²) in [4.78, 5) is 0. The van der Waals surface area contributed by atoms with E-state index in [2.05, 4.69) is 42.0 Å². The van der Waals surface area contributed by atoms with Crippen LogP contribution in [0.4, 0.5) is 0 Å². The highest BCUT2D eigenvalue weighted by Gasteiger charge is 2.31. The van der Waals surface area contributed by atoms with Crippen LogP contribution in [0, 0.1) is 0 Å². The van der Waals surface area contributed by atoms with E-state index in [4.69, 9.17) is 0 Å². The molecule has 0 bridgehead atoms. The molecular formula is C24H32N+. The molecule has 1 nitrogen and oxygen atoms in total. The van der Waals surface area contributed by atoms with Crippen molar-refractivity contribution in [1.29, 1.82) is 0 Å². The van der Waals surface area contributed by atoms with E-state index in [0.29, 0.717) is 0 Å². The molecule has 2 heterocycles. The Hall–Kier alpha value is -1.63. The summed E-state index contributed by atoms with van der Waals surface area (Å²) in [7, 11) is 0. The standard InChI is InChI=1S/C24H32N/c1-2-3-4-5-6-7-12-19-17-20-18-25-16-11-10-15-23(25)24(20)22-14-9-8-13-21(19)22/h10-11,15-17H,2-9,12-14,18H2,1H3/q+1.